The van der Waals surface area contributed by atoms with Gasteiger partial charge < -0.3 is 19.1 Å². The molecule has 2 amide bonds. The molecular weight excluding hydrogens is 418 g/mol. The molecule has 1 fully saturated rings. The fourth-order valence-electron chi connectivity index (χ4n) is 4.77. The van der Waals surface area contributed by atoms with E-state index in [9.17, 15) is 14.4 Å². The van der Waals surface area contributed by atoms with Crippen molar-refractivity contribution in [3.8, 4) is 5.75 Å². The number of rotatable bonds is 1. The Morgan fingerprint density at radius 3 is 2.70 bits per heavy atom. The second-order valence-electron chi connectivity index (χ2n) is 9.03. The molecule has 2 bridgehead atoms. The molecule has 33 heavy (non-hydrogen) atoms. The number of pyridine rings is 1. The molecule has 4 rings (SSSR count). The van der Waals surface area contributed by atoms with Gasteiger partial charge >= 0.3 is 0 Å². The number of benzene rings is 1. The average molecular weight is 452 g/mol. The summed E-state index contributed by atoms with van der Waals surface area (Å²) in [5.74, 6) is 0.762. The Morgan fingerprint density at radius 2 is 1.85 bits per heavy atom. The number of hydrogen-bond acceptors (Lipinski definition) is 4. The highest BCUT2D eigenvalue weighted by molar-refractivity contribution is 5.94. The van der Waals surface area contributed by atoms with Crippen LogP contribution in [0.2, 0.25) is 0 Å². The molecule has 0 saturated carbocycles. The standard InChI is InChI=1S/C26H33N3O4/c1-27-15-12-21(19-25(27)31)26(32)28-13-5-9-24(30)29-14-3-2-7-22(29)11-10-20-6-4-8-23(18-20)33-17-16-28/h4,6,8,12,15,18-19,22H,2-3,5,7,9-11,13-14,16-17H2,1H3. The number of amides is 2. The van der Waals surface area contributed by atoms with Crippen LogP contribution >= 0.6 is 0 Å². The predicted octanol–water partition coefficient (Wildman–Crippen LogP) is 3.01. The van der Waals surface area contributed by atoms with Crippen LogP contribution in [0.5, 0.6) is 5.75 Å². The van der Waals surface area contributed by atoms with E-state index in [1.807, 2.05) is 12.1 Å². The number of fused-ring (bicyclic) bond motifs is 3. The molecule has 2 aliphatic heterocycles. The van der Waals surface area contributed by atoms with E-state index in [4.69, 9.17) is 4.74 Å². The van der Waals surface area contributed by atoms with Crippen LogP contribution in [0.1, 0.15) is 54.4 Å². The van der Waals surface area contributed by atoms with Crippen molar-refractivity contribution in [3.63, 3.8) is 0 Å². The van der Waals surface area contributed by atoms with Crippen LogP contribution < -0.4 is 10.3 Å². The van der Waals surface area contributed by atoms with Crippen molar-refractivity contribution in [1.29, 1.82) is 0 Å². The highest BCUT2D eigenvalue weighted by Crippen LogP contribution is 2.24. The Balaban J connectivity index is 1.54. The number of carbonyl (C=O) groups excluding carboxylic acids is 2. The number of aromatic nitrogens is 1. The van der Waals surface area contributed by atoms with Crippen molar-refractivity contribution >= 4 is 11.8 Å². The van der Waals surface area contributed by atoms with Gasteiger partial charge in [-0.05, 0) is 62.3 Å². The molecule has 2 aliphatic rings. The van der Waals surface area contributed by atoms with Crippen molar-refractivity contribution in [3.05, 3.63) is 64.1 Å². The number of ether oxygens (including phenoxy) is 1. The molecule has 1 unspecified atom stereocenters. The summed E-state index contributed by atoms with van der Waals surface area (Å²) in [5.41, 5.74) is 1.34. The van der Waals surface area contributed by atoms with Gasteiger partial charge in [0.15, 0.2) is 0 Å². The lowest BCUT2D eigenvalue weighted by Crippen LogP contribution is -2.44. The van der Waals surface area contributed by atoms with Crippen LogP contribution in [0.3, 0.4) is 0 Å². The van der Waals surface area contributed by atoms with Crippen molar-refractivity contribution < 1.29 is 14.3 Å². The Morgan fingerprint density at radius 1 is 0.970 bits per heavy atom. The molecule has 7 heteroatoms. The van der Waals surface area contributed by atoms with Gasteiger partial charge in [0.1, 0.15) is 12.4 Å². The second-order valence-corrected chi connectivity index (χ2v) is 9.03. The normalized spacial score (nSPS) is 20.3. The van der Waals surface area contributed by atoms with Crippen LogP contribution in [0, 0.1) is 0 Å². The molecule has 3 heterocycles. The fourth-order valence-corrected chi connectivity index (χ4v) is 4.77. The van der Waals surface area contributed by atoms with Gasteiger partial charge in [0.25, 0.3) is 11.5 Å². The Labute approximate surface area is 194 Å². The van der Waals surface area contributed by atoms with Gasteiger partial charge in [-0.3, -0.25) is 14.4 Å². The van der Waals surface area contributed by atoms with Crippen LogP contribution in [0.15, 0.2) is 47.4 Å². The quantitative estimate of drug-likeness (QED) is 0.668. The maximum atomic E-state index is 13.2. The van der Waals surface area contributed by atoms with Gasteiger partial charge in [-0.25, -0.2) is 0 Å². The lowest BCUT2D eigenvalue weighted by Gasteiger charge is -2.36. The first-order chi connectivity index (χ1) is 16.0. The smallest absolute Gasteiger partial charge is 0.254 e. The van der Waals surface area contributed by atoms with E-state index >= 15 is 0 Å². The minimum Gasteiger partial charge on any atom is -0.492 e. The molecule has 1 aromatic heterocycles. The van der Waals surface area contributed by atoms with Gasteiger partial charge in [-0.1, -0.05) is 12.1 Å². The lowest BCUT2D eigenvalue weighted by molar-refractivity contribution is -0.135. The van der Waals surface area contributed by atoms with Gasteiger partial charge in [-0.15, -0.1) is 0 Å². The molecule has 2 aromatic rings. The first kappa shape index (κ1) is 23.1. The summed E-state index contributed by atoms with van der Waals surface area (Å²) < 4.78 is 7.41. The van der Waals surface area contributed by atoms with Crippen molar-refractivity contribution in [2.45, 2.75) is 51.0 Å². The molecule has 0 spiro atoms. The van der Waals surface area contributed by atoms with Crippen LogP contribution in [-0.4, -0.2) is 58.5 Å². The predicted molar refractivity (Wildman–Crippen MR) is 126 cm³/mol. The Bertz CT molecular complexity index is 1050. The van der Waals surface area contributed by atoms with E-state index < -0.39 is 0 Å². The molecule has 1 aromatic carbocycles. The van der Waals surface area contributed by atoms with Crippen LogP contribution in [0.25, 0.3) is 0 Å². The van der Waals surface area contributed by atoms with Crippen LogP contribution in [-0.2, 0) is 18.3 Å². The number of piperidine rings is 1. The maximum absolute atomic E-state index is 13.2. The largest absolute Gasteiger partial charge is 0.492 e. The molecule has 7 nitrogen and oxygen atoms in total. The van der Waals surface area contributed by atoms with Gasteiger partial charge in [0, 0.05) is 50.4 Å². The molecule has 0 radical (unpaired) electrons. The Kier molecular flexibility index (Phi) is 7.47. The van der Waals surface area contributed by atoms with Crippen molar-refractivity contribution in [2.75, 3.05) is 26.2 Å². The summed E-state index contributed by atoms with van der Waals surface area (Å²) in [5, 5.41) is 0. The summed E-state index contributed by atoms with van der Waals surface area (Å²) in [7, 11) is 1.66. The fraction of sp³-hybridized carbons (Fsp3) is 0.500. The average Bonchev–Trinajstić information content (AvgIpc) is 2.83. The zero-order valence-corrected chi connectivity index (χ0v) is 19.4. The first-order valence-corrected chi connectivity index (χ1v) is 12.0. The SMILES string of the molecule is Cn1ccc(C(=O)N2CCCC(=O)N3CCCCC3CCc3cccc(c3)OCC2)cc1=O. The third-order valence-corrected chi connectivity index (χ3v) is 6.70. The second kappa shape index (κ2) is 10.7. The third-order valence-electron chi connectivity index (χ3n) is 6.70. The van der Waals surface area contributed by atoms with Crippen molar-refractivity contribution in [1.82, 2.24) is 14.4 Å². The number of carbonyl (C=O) groups is 2. The first-order valence-electron chi connectivity index (χ1n) is 12.0. The minimum atomic E-state index is -0.224. The zero-order valence-electron chi connectivity index (χ0n) is 19.4. The monoisotopic (exact) mass is 451 g/mol. The summed E-state index contributed by atoms with van der Waals surface area (Å²) >= 11 is 0. The molecular formula is C26H33N3O4. The maximum Gasteiger partial charge on any atom is 0.254 e. The van der Waals surface area contributed by atoms with Gasteiger partial charge in [0.05, 0.1) is 6.54 Å². The van der Waals surface area contributed by atoms with E-state index in [-0.39, 0.29) is 23.4 Å². The minimum absolute atomic E-state index is 0.181. The molecule has 0 aliphatic carbocycles. The topological polar surface area (TPSA) is 71.8 Å². The van der Waals surface area contributed by atoms with Crippen LogP contribution in [0.4, 0.5) is 0 Å². The van der Waals surface area contributed by atoms with Gasteiger partial charge in [-0.2, -0.15) is 0 Å². The third kappa shape index (κ3) is 5.83. The molecule has 1 atom stereocenters. The molecule has 176 valence electrons. The highest BCUT2D eigenvalue weighted by atomic mass is 16.5. The highest BCUT2D eigenvalue weighted by Gasteiger charge is 2.26. The number of hydrogen-bond donors (Lipinski definition) is 0. The Hall–Kier alpha value is -3.09. The van der Waals surface area contributed by atoms with E-state index in [1.165, 1.54) is 16.2 Å². The summed E-state index contributed by atoms with van der Waals surface area (Å²) in [4.78, 5) is 42.0. The summed E-state index contributed by atoms with van der Waals surface area (Å²) in [6, 6.07) is 11.4. The van der Waals surface area contributed by atoms with E-state index in [0.717, 1.165) is 44.4 Å². The van der Waals surface area contributed by atoms with E-state index in [1.54, 1.807) is 24.2 Å². The summed E-state index contributed by atoms with van der Waals surface area (Å²) in [6.45, 7) is 2.01. The summed E-state index contributed by atoms with van der Waals surface area (Å²) in [6.07, 6.45) is 7.76. The number of aryl methyl sites for hydroxylation is 2. The van der Waals surface area contributed by atoms with E-state index in [0.29, 0.717) is 38.1 Å². The van der Waals surface area contributed by atoms with Crippen molar-refractivity contribution in [2.24, 2.45) is 7.05 Å². The van der Waals surface area contributed by atoms with Gasteiger partial charge in [0.2, 0.25) is 5.91 Å². The zero-order chi connectivity index (χ0) is 23.2. The molecule has 0 N–H and O–H groups in total. The molecule has 1 saturated heterocycles. The lowest BCUT2D eigenvalue weighted by atomic mass is 9.95. The number of nitrogens with zero attached hydrogens (tertiary/aromatic N) is 3. The van der Waals surface area contributed by atoms with E-state index in [2.05, 4.69) is 17.0 Å².